The van der Waals surface area contributed by atoms with Gasteiger partial charge in [-0.05, 0) is 28.9 Å². The van der Waals surface area contributed by atoms with Crippen molar-refractivity contribution in [2.24, 2.45) is 0 Å². The van der Waals surface area contributed by atoms with E-state index in [1.54, 1.807) is 12.1 Å². The lowest BCUT2D eigenvalue weighted by Gasteiger charge is -2.01. The van der Waals surface area contributed by atoms with E-state index in [4.69, 9.17) is 0 Å². The minimum absolute atomic E-state index is 0.316. The van der Waals surface area contributed by atoms with Gasteiger partial charge in [-0.25, -0.2) is 14.4 Å². The molecule has 1 aromatic heterocycles. The second-order valence-electron chi connectivity index (χ2n) is 2.71. The molecule has 1 aromatic carbocycles. The van der Waals surface area contributed by atoms with Crippen molar-refractivity contribution >= 4 is 26.8 Å². The van der Waals surface area contributed by atoms with Crippen LogP contribution in [0, 0.1) is 12.7 Å². The molecule has 0 spiro atoms. The Labute approximate surface area is 83.0 Å². The molecule has 66 valence electrons. The SMILES string of the molecule is Cc1nc(Br)nc2c(F)cccc12. The van der Waals surface area contributed by atoms with E-state index >= 15 is 0 Å². The summed E-state index contributed by atoms with van der Waals surface area (Å²) >= 11 is 3.13. The van der Waals surface area contributed by atoms with Crippen LogP contribution in [-0.2, 0) is 0 Å². The zero-order valence-electron chi connectivity index (χ0n) is 6.88. The Morgan fingerprint density at radius 2 is 2.08 bits per heavy atom. The topological polar surface area (TPSA) is 25.8 Å². The molecule has 13 heavy (non-hydrogen) atoms. The molecule has 4 heteroatoms. The molecule has 0 amide bonds. The Hall–Kier alpha value is -1.03. The predicted molar refractivity (Wildman–Crippen MR) is 51.9 cm³/mol. The van der Waals surface area contributed by atoms with Crippen LogP contribution in [0.5, 0.6) is 0 Å². The lowest BCUT2D eigenvalue weighted by atomic mass is 10.2. The van der Waals surface area contributed by atoms with Crippen LogP contribution >= 0.6 is 15.9 Å². The number of halogens is 2. The van der Waals surface area contributed by atoms with E-state index in [1.807, 2.05) is 6.92 Å². The largest absolute Gasteiger partial charge is 0.227 e. The maximum absolute atomic E-state index is 13.2. The Morgan fingerprint density at radius 1 is 1.31 bits per heavy atom. The molecule has 0 aliphatic heterocycles. The van der Waals surface area contributed by atoms with E-state index in [9.17, 15) is 4.39 Å². The van der Waals surface area contributed by atoms with E-state index in [1.165, 1.54) is 6.07 Å². The molecular formula is C9H6BrFN2. The van der Waals surface area contributed by atoms with E-state index in [-0.39, 0.29) is 5.82 Å². The summed E-state index contributed by atoms with van der Waals surface area (Å²) in [7, 11) is 0. The maximum Gasteiger partial charge on any atom is 0.197 e. The number of para-hydroxylation sites is 1. The van der Waals surface area contributed by atoms with Gasteiger partial charge in [0.05, 0.1) is 0 Å². The molecule has 0 aliphatic rings. The van der Waals surface area contributed by atoms with Crippen LogP contribution in [0.2, 0.25) is 0 Å². The average Bonchev–Trinajstić information content (AvgIpc) is 2.07. The van der Waals surface area contributed by atoms with Crippen molar-refractivity contribution in [1.29, 1.82) is 0 Å². The van der Waals surface area contributed by atoms with E-state index in [0.29, 0.717) is 10.3 Å². The fourth-order valence-corrected chi connectivity index (χ4v) is 1.68. The van der Waals surface area contributed by atoms with Gasteiger partial charge >= 0.3 is 0 Å². The Kier molecular flexibility index (Phi) is 2.00. The van der Waals surface area contributed by atoms with E-state index in [0.717, 1.165) is 11.1 Å². The molecule has 0 aliphatic carbocycles. The molecule has 0 saturated heterocycles. The van der Waals surface area contributed by atoms with Crippen molar-refractivity contribution in [3.05, 3.63) is 34.4 Å². The van der Waals surface area contributed by atoms with Gasteiger partial charge in [0.2, 0.25) is 0 Å². The second kappa shape index (κ2) is 3.03. The highest BCUT2D eigenvalue weighted by Gasteiger charge is 2.05. The maximum atomic E-state index is 13.2. The average molecular weight is 241 g/mol. The molecule has 0 radical (unpaired) electrons. The van der Waals surface area contributed by atoms with Crippen LogP contribution in [0.15, 0.2) is 22.9 Å². The smallest absolute Gasteiger partial charge is 0.197 e. The molecule has 0 saturated carbocycles. The summed E-state index contributed by atoms with van der Waals surface area (Å²) in [6.07, 6.45) is 0. The first kappa shape index (κ1) is 8.56. The number of nitrogens with zero attached hydrogens (tertiary/aromatic N) is 2. The summed E-state index contributed by atoms with van der Waals surface area (Å²) in [5.74, 6) is -0.316. The zero-order valence-corrected chi connectivity index (χ0v) is 8.47. The van der Waals surface area contributed by atoms with Gasteiger partial charge in [0.25, 0.3) is 0 Å². The summed E-state index contributed by atoms with van der Waals surface area (Å²) in [5, 5.41) is 0.753. The molecule has 0 atom stereocenters. The number of aromatic nitrogens is 2. The van der Waals surface area contributed by atoms with Gasteiger partial charge in [0.15, 0.2) is 4.73 Å². The summed E-state index contributed by atoms with van der Waals surface area (Å²) in [4.78, 5) is 8.05. The second-order valence-corrected chi connectivity index (χ2v) is 3.42. The van der Waals surface area contributed by atoms with Crippen LogP contribution in [0.25, 0.3) is 10.9 Å². The van der Waals surface area contributed by atoms with Crippen LogP contribution in [0.4, 0.5) is 4.39 Å². The predicted octanol–water partition coefficient (Wildman–Crippen LogP) is 2.84. The van der Waals surface area contributed by atoms with Crippen LogP contribution in [-0.4, -0.2) is 9.97 Å². The summed E-state index contributed by atoms with van der Waals surface area (Å²) in [6.45, 7) is 1.83. The van der Waals surface area contributed by atoms with E-state index < -0.39 is 0 Å². The molecule has 1 heterocycles. The number of rotatable bonds is 0. The highest BCUT2D eigenvalue weighted by Crippen LogP contribution is 2.19. The standard InChI is InChI=1S/C9H6BrFN2/c1-5-6-3-2-4-7(11)8(6)13-9(10)12-5/h2-4H,1H3. The van der Waals surface area contributed by atoms with Crippen LogP contribution in [0.1, 0.15) is 5.69 Å². The number of benzene rings is 1. The highest BCUT2D eigenvalue weighted by molar-refractivity contribution is 9.10. The quantitative estimate of drug-likeness (QED) is 0.662. The number of aryl methyl sites for hydroxylation is 1. The van der Waals surface area contributed by atoms with Gasteiger partial charge in [-0.1, -0.05) is 12.1 Å². The first-order chi connectivity index (χ1) is 6.18. The molecule has 2 rings (SSSR count). The minimum atomic E-state index is -0.316. The summed E-state index contributed by atoms with van der Waals surface area (Å²) in [5.41, 5.74) is 1.14. The monoisotopic (exact) mass is 240 g/mol. The van der Waals surface area contributed by atoms with Gasteiger partial charge < -0.3 is 0 Å². The fourth-order valence-electron chi connectivity index (χ4n) is 1.24. The van der Waals surface area contributed by atoms with Crippen molar-refractivity contribution in [1.82, 2.24) is 9.97 Å². The van der Waals surface area contributed by atoms with Gasteiger partial charge in [0, 0.05) is 11.1 Å². The number of hydrogen-bond acceptors (Lipinski definition) is 2. The molecule has 0 bridgehead atoms. The third-order valence-corrected chi connectivity index (χ3v) is 2.20. The molecule has 2 aromatic rings. The Bertz CT molecular complexity index is 470. The van der Waals surface area contributed by atoms with E-state index in [2.05, 4.69) is 25.9 Å². The minimum Gasteiger partial charge on any atom is -0.227 e. The zero-order chi connectivity index (χ0) is 9.42. The third-order valence-electron chi connectivity index (χ3n) is 1.84. The summed E-state index contributed by atoms with van der Waals surface area (Å²) < 4.78 is 13.7. The third kappa shape index (κ3) is 1.42. The molecule has 2 nitrogen and oxygen atoms in total. The van der Waals surface area contributed by atoms with Crippen LogP contribution < -0.4 is 0 Å². The van der Waals surface area contributed by atoms with Gasteiger partial charge in [-0.15, -0.1) is 0 Å². The normalized spacial score (nSPS) is 10.7. The molecular weight excluding hydrogens is 235 g/mol. The summed E-state index contributed by atoms with van der Waals surface area (Å²) in [6, 6.07) is 4.85. The van der Waals surface area contributed by atoms with Crippen molar-refractivity contribution in [3.8, 4) is 0 Å². The highest BCUT2D eigenvalue weighted by atomic mass is 79.9. The van der Waals surface area contributed by atoms with Crippen molar-refractivity contribution in [2.45, 2.75) is 6.92 Å². The lowest BCUT2D eigenvalue weighted by molar-refractivity contribution is 0.636. The number of fused-ring (bicyclic) bond motifs is 1. The molecule has 0 unspecified atom stereocenters. The first-order valence-electron chi connectivity index (χ1n) is 3.77. The molecule has 0 fully saturated rings. The lowest BCUT2D eigenvalue weighted by Crippen LogP contribution is -1.92. The van der Waals surface area contributed by atoms with Gasteiger partial charge in [-0.2, -0.15) is 0 Å². The van der Waals surface area contributed by atoms with Crippen molar-refractivity contribution in [2.75, 3.05) is 0 Å². The van der Waals surface area contributed by atoms with Crippen molar-refractivity contribution in [3.63, 3.8) is 0 Å². The first-order valence-corrected chi connectivity index (χ1v) is 4.56. The number of hydrogen-bond donors (Lipinski definition) is 0. The Balaban J connectivity index is 2.94. The van der Waals surface area contributed by atoms with Crippen LogP contribution in [0.3, 0.4) is 0 Å². The van der Waals surface area contributed by atoms with Crippen molar-refractivity contribution < 1.29 is 4.39 Å². The fraction of sp³-hybridized carbons (Fsp3) is 0.111. The Morgan fingerprint density at radius 3 is 2.85 bits per heavy atom. The van der Waals surface area contributed by atoms with Gasteiger partial charge in [-0.3, -0.25) is 0 Å². The molecule has 0 N–H and O–H groups in total. The van der Waals surface area contributed by atoms with Gasteiger partial charge in [0.1, 0.15) is 11.3 Å².